The molecule has 1 aliphatic heterocycles. The van der Waals surface area contributed by atoms with Crippen molar-refractivity contribution in [1.29, 1.82) is 0 Å². The van der Waals surface area contributed by atoms with Crippen molar-refractivity contribution in [2.45, 2.75) is 30.8 Å². The molecule has 0 radical (unpaired) electrons. The molecule has 0 aliphatic carbocycles. The monoisotopic (exact) mass is 477 g/mol. The minimum Gasteiger partial charge on any atom is -0.452 e. The van der Waals surface area contributed by atoms with Crippen molar-refractivity contribution in [2.24, 2.45) is 5.92 Å². The van der Waals surface area contributed by atoms with Gasteiger partial charge in [0.2, 0.25) is 15.9 Å². The topological polar surface area (TPSA) is 103 Å². The first kappa shape index (κ1) is 23.0. The van der Waals surface area contributed by atoms with Crippen LogP contribution in [0.15, 0.2) is 57.8 Å². The largest absolute Gasteiger partial charge is 0.452 e. The minimum atomic E-state index is -4.00. The van der Waals surface area contributed by atoms with Gasteiger partial charge in [0.05, 0.1) is 10.8 Å². The predicted octanol–water partition coefficient (Wildman–Crippen LogP) is 3.72. The summed E-state index contributed by atoms with van der Waals surface area (Å²) in [4.78, 5) is 12.3. The van der Waals surface area contributed by atoms with E-state index in [1.165, 1.54) is 0 Å². The van der Waals surface area contributed by atoms with Gasteiger partial charge in [-0.05, 0) is 50.1 Å². The number of ether oxygens (including phenoxy) is 1. The molecular weight excluding hydrogens is 456 g/mol. The van der Waals surface area contributed by atoms with Crippen LogP contribution in [0.2, 0.25) is 0 Å². The second-order valence-corrected chi connectivity index (χ2v) is 9.58. The summed E-state index contributed by atoms with van der Waals surface area (Å²) in [5.74, 6) is -2.90. The highest BCUT2D eigenvalue weighted by Crippen LogP contribution is 2.28. The SMILES string of the molecule is CC(OC(=O)C1CCN(S(=O)(=O)c2ccc(F)c(F)c2)CC1)c1nnc(-c2ccccc2)o1. The summed E-state index contributed by atoms with van der Waals surface area (Å²) in [6.07, 6.45) is -0.312. The molecule has 0 spiro atoms. The molecule has 1 aliphatic rings. The Balaban J connectivity index is 1.35. The summed E-state index contributed by atoms with van der Waals surface area (Å²) in [6.45, 7) is 1.71. The third-order valence-corrected chi connectivity index (χ3v) is 7.31. The number of esters is 1. The zero-order valence-electron chi connectivity index (χ0n) is 17.6. The van der Waals surface area contributed by atoms with Gasteiger partial charge in [-0.25, -0.2) is 17.2 Å². The van der Waals surface area contributed by atoms with Crippen LogP contribution in [0.4, 0.5) is 8.78 Å². The van der Waals surface area contributed by atoms with E-state index in [1.807, 2.05) is 30.3 Å². The number of rotatable bonds is 6. The van der Waals surface area contributed by atoms with E-state index < -0.39 is 39.6 Å². The van der Waals surface area contributed by atoms with E-state index in [2.05, 4.69) is 10.2 Å². The van der Waals surface area contributed by atoms with E-state index in [-0.39, 0.29) is 36.7 Å². The average molecular weight is 477 g/mol. The fourth-order valence-corrected chi connectivity index (χ4v) is 5.02. The lowest BCUT2D eigenvalue weighted by Gasteiger charge is -2.30. The Hall–Kier alpha value is -3.18. The lowest BCUT2D eigenvalue weighted by atomic mass is 9.98. The molecule has 0 bridgehead atoms. The summed E-state index contributed by atoms with van der Waals surface area (Å²) in [7, 11) is -4.00. The Labute approximate surface area is 189 Å². The zero-order chi connectivity index (χ0) is 23.6. The summed E-state index contributed by atoms with van der Waals surface area (Å²) < 4.78 is 64.2. The average Bonchev–Trinajstić information content (AvgIpc) is 3.32. The molecule has 0 N–H and O–H groups in total. The molecular formula is C22H21F2N3O5S. The van der Waals surface area contributed by atoms with E-state index in [9.17, 15) is 22.0 Å². The molecule has 8 nitrogen and oxygen atoms in total. The molecule has 4 rings (SSSR count). The first-order chi connectivity index (χ1) is 15.8. The van der Waals surface area contributed by atoms with Crippen LogP contribution in [0.1, 0.15) is 31.8 Å². The second-order valence-electron chi connectivity index (χ2n) is 7.64. The number of hydrogen-bond acceptors (Lipinski definition) is 7. The van der Waals surface area contributed by atoms with Crippen LogP contribution in [-0.2, 0) is 19.6 Å². The lowest BCUT2D eigenvalue weighted by molar-refractivity contribution is -0.156. The van der Waals surface area contributed by atoms with Crippen molar-refractivity contribution in [3.05, 3.63) is 66.1 Å². The summed E-state index contributed by atoms with van der Waals surface area (Å²) in [5.41, 5.74) is 0.740. The maximum atomic E-state index is 13.5. The molecule has 1 atom stereocenters. The van der Waals surface area contributed by atoms with Crippen LogP contribution >= 0.6 is 0 Å². The van der Waals surface area contributed by atoms with E-state index >= 15 is 0 Å². The number of carbonyl (C=O) groups excluding carboxylic acids is 1. The van der Waals surface area contributed by atoms with Gasteiger partial charge in [-0.15, -0.1) is 10.2 Å². The van der Waals surface area contributed by atoms with Crippen molar-refractivity contribution in [3.8, 4) is 11.5 Å². The van der Waals surface area contributed by atoms with Gasteiger partial charge in [-0.2, -0.15) is 4.31 Å². The van der Waals surface area contributed by atoms with Gasteiger partial charge < -0.3 is 9.15 Å². The molecule has 0 amide bonds. The van der Waals surface area contributed by atoms with Crippen molar-refractivity contribution in [1.82, 2.24) is 14.5 Å². The Kier molecular flexibility index (Phi) is 6.52. The first-order valence-corrected chi connectivity index (χ1v) is 11.7. The number of aromatic nitrogens is 2. The third kappa shape index (κ3) is 4.93. The molecule has 174 valence electrons. The minimum absolute atomic E-state index is 0.0498. The normalized spacial score (nSPS) is 16.5. The molecule has 1 aromatic heterocycles. The molecule has 1 fully saturated rings. The Bertz CT molecular complexity index is 1240. The number of carbonyl (C=O) groups is 1. The molecule has 2 aromatic carbocycles. The van der Waals surface area contributed by atoms with Gasteiger partial charge >= 0.3 is 5.97 Å². The van der Waals surface area contributed by atoms with Crippen LogP contribution in [0.5, 0.6) is 0 Å². The lowest BCUT2D eigenvalue weighted by Crippen LogP contribution is -2.40. The molecule has 3 aromatic rings. The van der Waals surface area contributed by atoms with Crippen LogP contribution in [0.25, 0.3) is 11.5 Å². The number of hydrogen-bond donors (Lipinski definition) is 0. The Morgan fingerprint density at radius 2 is 1.79 bits per heavy atom. The number of nitrogens with zero attached hydrogens (tertiary/aromatic N) is 3. The van der Waals surface area contributed by atoms with E-state index in [4.69, 9.17) is 9.15 Å². The predicted molar refractivity (Wildman–Crippen MR) is 112 cm³/mol. The molecule has 33 heavy (non-hydrogen) atoms. The fraction of sp³-hybridized carbons (Fsp3) is 0.318. The molecule has 1 unspecified atom stereocenters. The summed E-state index contributed by atoms with van der Waals surface area (Å²) in [6, 6.07) is 11.6. The molecule has 0 saturated carbocycles. The molecule has 2 heterocycles. The molecule has 11 heteroatoms. The van der Waals surface area contributed by atoms with Crippen molar-refractivity contribution in [2.75, 3.05) is 13.1 Å². The highest BCUT2D eigenvalue weighted by molar-refractivity contribution is 7.89. The third-order valence-electron chi connectivity index (χ3n) is 5.42. The van der Waals surface area contributed by atoms with Crippen LogP contribution in [0.3, 0.4) is 0 Å². The van der Waals surface area contributed by atoms with E-state index in [0.29, 0.717) is 12.0 Å². The smallest absolute Gasteiger partial charge is 0.309 e. The van der Waals surface area contributed by atoms with Crippen LogP contribution < -0.4 is 0 Å². The number of piperidine rings is 1. The Morgan fingerprint density at radius 1 is 1.09 bits per heavy atom. The summed E-state index contributed by atoms with van der Waals surface area (Å²) in [5, 5.41) is 7.92. The quantitative estimate of drug-likeness (QED) is 0.499. The number of sulfonamides is 1. The fourth-order valence-electron chi connectivity index (χ4n) is 3.54. The molecule has 1 saturated heterocycles. The summed E-state index contributed by atoms with van der Waals surface area (Å²) >= 11 is 0. The highest BCUT2D eigenvalue weighted by Gasteiger charge is 2.34. The van der Waals surface area contributed by atoms with Crippen LogP contribution in [-0.4, -0.2) is 42.0 Å². The van der Waals surface area contributed by atoms with Gasteiger partial charge in [0.25, 0.3) is 5.89 Å². The number of halogens is 2. The van der Waals surface area contributed by atoms with Gasteiger partial charge in [-0.1, -0.05) is 18.2 Å². The number of benzene rings is 2. The van der Waals surface area contributed by atoms with Gasteiger partial charge in [0.15, 0.2) is 17.7 Å². The Morgan fingerprint density at radius 3 is 2.45 bits per heavy atom. The standard InChI is InChI=1S/C22H21F2N3O5S/c1-14(20-25-26-21(32-20)15-5-3-2-4-6-15)31-22(28)16-9-11-27(12-10-16)33(29,30)17-7-8-18(23)19(24)13-17/h2-8,13-14,16H,9-12H2,1H3. The van der Waals surface area contributed by atoms with E-state index in [0.717, 1.165) is 22.0 Å². The van der Waals surface area contributed by atoms with Gasteiger partial charge in [-0.3, -0.25) is 4.79 Å². The van der Waals surface area contributed by atoms with E-state index in [1.54, 1.807) is 6.92 Å². The van der Waals surface area contributed by atoms with Crippen molar-refractivity contribution in [3.63, 3.8) is 0 Å². The second kappa shape index (κ2) is 9.36. The van der Waals surface area contributed by atoms with Crippen molar-refractivity contribution < 1.29 is 31.1 Å². The van der Waals surface area contributed by atoms with Gasteiger partial charge in [0.1, 0.15) is 0 Å². The van der Waals surface area contributed by atoms with Crippen molar-refractivity contribution >= 4 is 16.0 Å². The highest BCUT2D eigenvalue weighted by atomic mass is 32.2. The maximum absolute atomic E-state index is 13.5. The van der Waals surface area contributed by atoms with Gasteiger partial charge in [0, 0.05) is 18.7 Å². The zero-order valence-corrected chi connectivity index (χ0v) is 18.5. The maximum Gasteiger partial charge on any atom is 0.309 e. The first-order valence-electron chi connectivity index (χ1n) is 10.3. The van der Waals surface area contributed by atoms with Crippen LogP contribution in [0, 0.1) is 17.6 Å².